The van der Waals surface area contributed by atoms with Gasteiger partial charge in [-0.3, -0.25) is 0 Å². The normalized spacial score (nSPS) is 12.3. The highest BCUT2D eigenvalue weighted by atomic mass is 32.1. The van der Waals surface area contributed by atoms with Crippen LogP contribution < -0.4 is 10.1 Å². The summed E-state index contributed by atoms with van der Waals surface area (Å²) >= 11 is 1.75. The first-order valence-corrected chi connectivity index (χ1v) is 7.19. The molecule has 0 spiro atoms. The van der Waals surface area contributed by atoms with Gasteiger partial charge in [-0.1, -0.05) is 12.1 Å². The molecule has 0 bridgehead atoms. The topological polar surface area (TPSA) is 21.3 Å². The highest BCUT2D eigenvalue weighted by Crippen LogP contribution is 2.23. The summed E-state index contributed by atoms with van der Waals surface area (Å²) in [5, 5.41) is 7.70. The first kappa shape index (κ1) is 13.1. The minimum absolute atomic E-state index is 0.333. The Bertz CT molecular complexity index is 467. The summed E-state index contributed by atoms with van der Waals surface area (Å²) in [4.78, 5) is 0. The van der Waals surface area contributed by atoms with E-state index in [9.17, 15) is 0 Å². The maximum Gasteiger partial charge on any atom is 0.119 e. The molecule has 1 heterocycles. The molecule has 0 saturated heterocycles. The first-order valence-electron chi connectivity index (χ1n) is 6.24. The van der Waals surface area contributed by atoms with Gasteiger partial charge in [0.25, 0.3) is 0 Å². The number of nitrogens with one attached hydrogen (secondary N) is 1. The Labute approximate surface area is 113 Å². The van der Waals surface area contributed by atoms with E-state index in [4.69, 9.17) is 4.74 Å². The number of ether oxygens (including phenoxy) is 1. The fourth-order valence-electron chi connectivity index (χ4n) is 2.02. The second kappa shape index (κ2) is 6.57. The predicted octanol–water partition coefficient (Wildman–Crippen LogP) is 3.65. The molecule has 1 atom stereocenters. The van der Waals surface area contributed by atoms with E-state index >= 15 is 0 Å². The van der Waals surface area contributed by atoms with Crippen LogP contribution in [0.1, 0.15) is 24.1 Å². The molecule has 0 aliphatic rings. The van der Waals surface area contributed by atoms with E-state index in [1.165, 1.54) is 11.1 Å². The van der Waals surface area contributed by atoms with Crippen LogP contribution in [0.25, 0.3) is 0 Å². The van der Waals surface area contributed by atoms with Gasteiger partial charge in [-0.25, -0.2) is 0 Å². The summed E-state index contributed by atoms with van der Waals surface area (Å²) in [6, 6.07) is 10.8. The molecule has 1 aromatic heterocycles. The van der Waals surface area contributed by atoms with Crippen LogP contribution in [0.2, 0.25) is 0 Å². The van der Waals surface area contributed by atoms with E-state index < -0.39 is 0 Å². The Morgan fingerprint density at radius 2 is 2.22 bits per heavy atom. The van der Waals surface area contributed by atoms with Crippen LogP contribution in [0.5, 0.6) is 5.75 Å². The summed E-state index contributed by atoms with van der Waals surface area (Å²) in [5.74, 6) is 0.945. The minimum Gasteiger partial charge on any atom is -0.494 e. The van der Waals surface area contributed by atoms with E-state index in [0.29, 0.717) is 12.6 Å². The molecular formula is C15H19NOS. The molecule has 3 heteroatoms. The van der Waals surface area contributed by atoms with Crippen LogP contribution in [0.4, 0.5) is 0 Å². The number of rotatable bonds is 6. The molecule has 0 amide bonds. The molecule has 2 rings (SSSR count). The molecule has 0 fully saturated rings. The highest BCUT2D eigenvalue weighted by molar-refractivity contribution is 7.07. The molecule has 2 aromatic rings. The average molecular weight is 261 g/mol. The van der Waals surface area contributed by atoms with Gasteiger partial charge in [0, 0.05) is 6.04 Å². The summed E-state index contributed by atoms with van der Waals surface area (Å²) in [5.41, 5.74) is 2.65. The molecule has 1 aromatic carbocycles. The van der Waals surface area contributed by atoms with Crippen LogP contribution in [-0.4, -0.2) is 13.7 Å². The quantitative estimate of drug-likeness (QED) is 0.857. The third kappa shape index (κ3) is 3.34. The van der Waals surface area contributed by atoms with Crippen molar-refractivity contribution in [3.05, 3.63) is 52.2 Å². The number of likely N-dealkylation sites (N-methyl/N-ethyl adjacent to an activating group) is 1. The van der Waals surface area contributed by atoms with Gasteiger partial charge < -0.3 is 10.1 Å². The van der Waals surface area contributed by atoms with Gasteiger partial charge in [0.05, 0.1) is 6.61 Å². The van der Waals surface area contributed by atoms with Crippen molar-refractivity contribution in [2.24, 2.45) is 0 Å². The zero-order chi connectivity index (χ0) is 12.8. The smallest absolute Gasteiger partial charge is 0.119 e. The van der Waals surface area contributed by atoms with Crippen molar-refractivity contribution < 1.29 is 4.74 Å². The number of benzene rings is 1. The predicted molar refractivity (Wildman–Crippen MR) is 77.4 cm³/mol. The van der Waals surface area contributed by atoms with Crippen LogP contribution in [0, 0.1) is 0 Å². The van der Waals surface area contributed by atoms with Gasteiger partial charge >= 0.3 is 0 Å². The van der Waals surface area contributed by atoms with E-state index in [2.05, 4.69) is 40.3 Å². The molecule has 0 aliphatic heterocycles. The Morgan fingerprint density at radius 3 is 2.89 bits per heavy atom. The third-order valence-corrected chi connectivity index (χ3v) is 3.67. The van der Waals surface area contributed by atoms with Crippen molar-refractivity contribution in [2.75, 3.05) is 13.7 Å². The van der Waals surface area contributed by atoms with Crippen molar-refractivity contribution in [2.45, 2.75) is 19.4 Å². The summed E-state index contributed by atoms with van der Waals surface area (Å²) in [7, 11) is 2.00. The van der Waals surface area contributed by atoms with Crippen molar-refractivity contribution in [1.29, 1.82) is 0 Å². The standard InChI is InChI=1S/C15H19NOS/c1-3-17-14-6-4-5-13(10-14)15(16-2)9-12-7-8-18-11-12/h4-8,10-11,15-16H,3,9H2,1-2H3. The van der Waals surface area contributed by atoms with E-state index in [1.54, 1.807) is 11.3 Å². The Morgan fingerprint density at radius 1 is 1.33 bits per heavy atom. The molecule has 0 aliphatic carbocycles. The lowest BCUT2D eigenvalue weighted by molar-refractivity contribution is 0.339. The van der Waals surface area contributed by atoms with Gasteiger partial charge in [0.2, 0.25) is 0 Å². The molecule has 0 radical (unpaired) electrons. The largest absolute Gasteiger partial charge is 0.494 e. The lowest BCUT2D eigenvalue weighted by Gasteiger charge is -2.17. The van der Waals surface area contributed by atoms with Gasteiger partial charge in [-0.15, -0.1) is 0 Å². The van der Waals surface area contributed by atoms with Crippen LogP contribution >= 0.6 is 11.3 Å². The van der Waals surface area contributed by atoms with Crippen molar-refractivity contribution in [3.8, 4) is 5.75 Å². The van der Waals surface area contributed by atoms with Crippen LogP contribution in [0.15, 0.2) is 41.1 Å². The van der Waals surface area contributed by atoms with Crippen molar-refractivity contribution >= 4 is 11.3 Å². The Kier molecular flexibility index (Phi) is 4.79. The molecule has 2 nitrogen and oxygen atoms in total. The SMILES string of the molecule is CCOc1cccc(C(Cc2ccsc2)NC)c1. The van der Waals surface area contributed by atoms with Gasteiger partial charge in [-0.05, 0) is 60.5 Å². The maximum absolute atomic E-state index is 5.55. The Balaban J connectivity index is 2.13. The molecule has 1 N–H and O–H groups in total. The zero-order valence-corrected chi connectivity index (χ0v) is 11.7. The lowest BCUT2D eigenvalue weighted by atomic mass is 10.0. The number of hydrogen-bond acceptors (Lipinski definition) is 3. The summed E-state index contributed by atoms with van der Waals surface area (Å²) in [6.07, 6.45) is 1.01. The van der Waals surface area contributed by atoms with E-state index in [1.807, 2.05) is 20.0 Å². The highest BCUT2D eigenvalue weighted by Gasteiger charge is 2.11. The Hall–Kier alpha value is -1.32. The fraction of sp³-hybridized carbons (Fsp3) is 0.333. The van der Waals surface area contributed by atoms with E-state index in [-0.39, 0.29) is 0 Å². The lowest BCUT2D eigenvalue weighted by Crippen LogP contribution is -2.18. The molecule has 18 heavy (non-hydrogen) atoms. The third-order valence-electron chi connectivity index (χ3n) is 2.94. The monoisotopic (exact) mass is 261 g/mol. The van der Waals surface area contributed by atoms with E-state index in [0.717, 1.165) is 12.2 Å². The summed E-state index contributed by atoms with van der Waals surface area (Å²) in [6.45, 7) is 2.71. The number of thiophene rings is 1. The molecule has 96 valence electrons. The molecule has 1 unspecified atom stereocenters. The van der Waals surface area contributed by atoms with Crippen LogP contribution in [0.3, 0.4) is 0 Å². The average Bonchev–Trinajstić information content (AvgIpc) is 2.89. The molecule has 0 saturated carbocycles. The van der Waals surface area contributed by atoms with Crippen LogP contribution in [-0.2, 0) is 6.42 Å². The first-order chi connectivity index (χ1) is 8.83. The van der Waals surface area contributed by atoms with Crippen molar-refractivity contribution in [3.63, 3.8) is 0 Å². The van der Waals surface area contributed by atoms with Gasteiger partial charge in [0.15, 0.2) is 0 Å². The van der Waals surface area contributed by atoms with Gasteiger partial charge in [0.1, 0.15) is 5.75 Å². The maximum atomic E-state index is 5.55. The fourth-order valence-corrected chi connectivity index (χ4v) is 2.70. The van der Waals surface area contributed by atoms with Gasteiger partial charge in [-0.2, -0.15) is 11.3 Å². The van der Waals surface area contributed by atoms with Crippen molar-refractivity contribution in [1.82, 2.24) is 5.32 Å². The zero-order valence-electron chi connectivity index (χ0n) is 10.8. The molecular weight excluding hydrogens is 242 g/mol. The summed E-state index contributed by atoms with van der Waals surface area (Å²) < 4.78 is 5.55. The minimum atomic E-state index is 0.333. The second-order valence-electron chi connectivity index (χ2n) is 4.18. The number of hydrogen-bond donors (Lipinski definition) is 1. The second-order valence-corrected chi connectivity index (χ2v) is 4.96.